The first-order valence-electron chi connectivity index (χ1n) is 6.89. The second-order valence-electron chi connectivity index (χ2n) is 5.22. The fourth-order valence-electron chi connectivity index (χ4n) is 3.02. The van der Waals surface area contributed by atoms with Crippen molar-refractivity contribution >= 4 is 27.8 Å². The predicted molar refractivity (Wildman–Crippen MR) is 86.2 cm³/mol. The van der Waals surface area contributed by atoms with Gasteiger partial charge in [-0.25, -0.2) is 0 Å². The monoisotopic (exact) mass is 271 g/mol. The Morgan fingerprint density at radius 2 is 1.62 bits per heavy atom. The van der Waals surface area contributed by atoms with Gasteiger partial charge < -0.3 is 5.73 Å². The maximum atomic E-state index is 12.5. The Morgan fingerprint density at radius 3 is 2.43 bits per heavy atom. The summed E-state index contributed by atoms with van der Waals surface area (Å²) in [4.78, 5) is 12.5. The molecule has 2 N–H and O–H groups in total. The summed E-state index contributed by atoms with van der Waals surface area (Å²) in [6.07, 6.45) is 1.70. The van der Waals surface area contributed by atoms with Crippen LogP contribution in [0.25, 0.3) is 16.3 Å². The molecule has 0 fully saturated rings. The summed E-state index contributed by atoms with van der Waals surface area (Å²) in [5.74, 6) is -0.0179. The lowest BCUT2D eigenvalue weighted by Gasteiger charge is -2.19. The zero-order valence-corrected chi connectivity index (χ0v) is 11.3. The van der Waals surface area contributed by atoms with Gasteiger partial charge in [-0.05, 0) is 34.2 Å². The zero-order chi connectivity index (χ0) is 14.4. The number of hydrogen-bond donors (Lipinski definition) is 1. The molecule has 0 saturated carbocycles. The van der Waals surface area contributed by atoms with Crippen molar-refractivity contribution in [1.29, 1.82) is 0 Å². The molecule has 21 heavy (non-hydrogen) atoms. The van der Waals surface area contributed by atoms with Gasteiger partial charge in [-0.2, -0.15) is 0 Å². The number of ketones is 1. The SMILES string of the molecule is Nc1ccc2cccc3c2c1C(=O)C=C3c1ccccc1. The van der Waals surface area contributed by atoms with Crippen LogP contribution in [-0.4, -0.2) is 5.78 Å². The van der Waals surface area contributed by atoms with E-state index in [1.807, 2.05) is 48.5 Å². The van der Waals surface area contributed by atoms with Crippen LogP contribution < -0.4 is 5.73 Å². The van der Waals surface area contributed by atoms with E-state index in [9.17, 15) is 4.79 Å². The van der Waals surface area contributed by atoms with Gasteiger partial charge in [0.25, 0.3) is 0 Å². The molecule has 4 rings (SSSR count). The number of nitrogens with two attached hydrogens (primary N) is 1. The molecule has 0 spiro atoms. The Morgan fingerprint density at radius 1 is 0.810 bits per heavy atom. The van der Waals surface area contributed by atoms with E-state index >= 15 is 0 Å². The molecule has 2 heteroatoms. The number of carbonyl (C=O) groups is 1. The number of rotatable bonds is 1. The van der Waals surface area contributed by atoms with E-state index in [1.165, 1.54) is 0 Å². The van der Waals surface area contributed by atoms with Crippen molar-refractivity contribution in [1.82, 2.24) is 0 Å². The van der Waals surface area contributed by atoms with Crippen molar-refractivity contribution in [2.45, 2.75) is 0 Å². The third-order valence-electron chi connectivity index (χ3n) is 3.97. The molecule has 0 radical (unpaired) electrons. The van der Waals surface area contributed by atoms with E-state index in [4.69, 9.17) is 5.73 Å². The van der Waals surface area contributed by atoms with E-state index in [0.29, 0.717) is 11.3 Å². The molecule has 0 atom stereocenters. The predicted octanol–water partition coefficient (Wildman–Crippen LogP) is 4.05. The Bertz CT molecular complexity index is 908. The number of anilines is 1. The number of carbonyl (C=O) groups excluding carboxylic acids is 1. The van der Waals surface area contributed by atoms with E-state index in [2.05, 4.69) is 6.07 Å². The first-order valence-corrected chi connectivity index (χ1v) is 6.89. The maximum absolute atomic E-state index is 12.5. The van der Waals surface area contributed by atoms with Gasteiger partial charge in [-0.15, -0.1) is 0 Å². The molecule has 0 aromatic heterocycles. The minimum atomic E-state index is -0.0179. The summed E-state index contributed by atoms with van der Waals surface area (Å²) in [5.41, 5.74) is 10.3. The number of nitrogen functional groups attached to an aromatic ring is 1. The van der Waals surface area contributed by atoms with Gasteiger partial charge in [-0.3, -0.25) is 4.79 Å². The highest BCUT2D eigenvalue weighted by molar-refractivity contribution is 6.25. The second-order valence-corrected chi connectivity index (χ2v) is 5.22. The minimum absolute atomic E-state index is 0.0179. The molecule has 2 nitrogen and oxygen atoms in total. The van der Waals surface area contributed by atoms with Gasteiger partial charge in [0.05, 0.1) is 5.56 Å². The van der Waals surface area contributed by atoms with Gasteiger partial charge in [0.1, 0.15) is 0 Å². The molecule has 1 aliphatic carbocycles. The lowest BCUT2D eigenvalue weighted by Crippen LogP contribution is -2.09. The van der Waals surface area contributed by atoms with Gasteiger partial charge >= 0.3 is 0 Å². The summed E-state index contributed by atoms with van der Waals surface area (Å²) >= 11 is 0. The molecule has 3 aromatic rings. The van der Waals surface area contributed by atoms with E-state index < -0.39 is 0 Å². The molecule has 100 valence electrons. The van der Waals surface area contributed by atoms with Crippen molar-refractivity contribution < 1.29 is 4.79 Å². The Hall–Kier alpha value is -2.87. The lowest BCUT2D eigenvalue weighted by atomic mass is 9.84. The number of benzene rings is 3. The standard InChI is InChI=1S/C19H13NO/c20-16-10-9-13-7-4-8-14-15(12-5-2-1-3-6-12)11-17(21)19(16)18(13)14/h1-11H,20H2. The van der Waals surface area contributed by atoms with Crippen LogP contribution in [0.1, 0.15) is 21.5 Å². The molecular formula is C19H13NO. The Labute approximate surface area is 122 Å². The molecule has 0 aliphatic heterocycles. The van der Waals surface area contributed by atoms with Gasteiger partial charge in [0.2, 0.25) is 0 Å². The highest BCUT2D eigenvalue weighted by atomic mass is 16.1. The van der Waals surface area contributed by atoms with Crippen LogP contribution in [0.2, 0.25) is 0 Å². The highest BCUT2D eigenvalue weighted by Gasteiger charge is 2.22. The van der Waals surface area contributed by atoms with Crippen LogP contribution in [0, 0.1) is 0 Å². The number of hydrogen-bond acceptors (Lipinski definition) is 2. The van der Waals surface area contributed by atoms with Crippen LogP contribution >= 0.6 is 0 Å². The maximum Gasteiger partial charge on any atom is 0.189 e. The smallest absolute Gasteiger partial charge is 0.189 e. The van der Waals surface area contributed by atoms with E-state index in [-0.39, 0.29) is 5.78 Å². The number of allylic oxidation sites excluding steroid dienone is 1. The van der Waals surface area contributed by atoms with Crippen molar-refractivity contribution in [2.24, 2.45) is 0 Å². The molecule has 0 amide bonds. The average molecular weight is 271 g/mol. The van der Waals surface area contributed by atoms with Crippen molar-refractivity contribution in [3.8, 4) is 0 Å². The van der Waals surface area contributed by atoms with Crippen LogP contribution in [0.3, 0.4) is 0 Å². The third-order valence-corrected chi connectivity index (χ3v) is 3.97. The molecule has 0 unspecified atom stereocenters. The zero-order valence-electron chi connectivity index (χ0n) is 11.3. The summed E-state index contributed by atoms with van der Waals surface area (Å²) in [7, 11) is 0. The highest BCUT2D eigenvalue weighted by Crippen LogP contribution is 2.38. The summed E-state index contributed by atoms with van der Waals surface area (Å²) in [6, 6.07) is 19.8. The van der Waals surface area contributed by atoms with Crippen molar-refractivity contribution in [3.63, 3.8) is 0 Å². The molecule has 3 aromatic carbocycles. The second kappa shape index (κ2) is 4.32. The van der Waals surface area contributed by atoms with Crippen LogP contribution in [0.15, 0.2) is 66.7 Å². The average Bonchev–Trinajstić information content (AvgIpc) is 2.53. The first kappa shape index (κ1) is 11.9. The van der Waals surface area contributed by atoms with Crippen molar-refractivity contribution in [3.05, 3.63) is 83.4 Å². The minimum Gasteiger partial charge on any atom is -0.398 e. The quantitative estimate of drug-likeness (QED) is 0.678. The Balaban J connectivity index is 2.11. The summed E-state index contributed by atoms with van der Waals surface area (Å²) in [5, 5.41) is 2.01. The largest absolute Gasteiger partial charge is 0.398 e. The van der Waals surface area contributed by atoms with Crippen molar-refractivity contribution in [2.75, 3.05) is 5.73 Å². The summed E-state index contributed by atoms with van der Waals surface area (Å²) < 4.78 is 0. The van der Waals surface area contributed by atoms with E-state index in [0.717, 1.165) is 27.5 Å². The lowest BCUT2D eigenvalue weighted by molar-refractivity contribution is 0.104. The normalized spacial score (nSPS) is 13.3. The topological polar surface area (TPSA) is 43.1 Å². The third kappa shape index (κ3) is 1.69. The van der Waals surface area contributed by atoms with Crippen LogP contribution in [0.5, 0.6) is 0 Å². The van der Waals surface area contributed by atoms with Gasteiger partial charge in [0.15, 0.2) is 5.78 Å². The fraction of sp³-hybridized carbons (Fsp3) is 0. The first-order chi connectivity index (χ1) is 10.3. The Kier molecular flexibility index (Phi) is 2.45. The van der Waals surface area contributed by atoms with Crippen LogP contribution in [-0.2, 0) is 0 Å². The van der Waals surface area contributed by atoms with Crippen LogP contribution in [0.4, 0.5) is 5.69 Å². The molecule has 0 saturated heterocycles. The molecular weight excluding hydrogens is 258 g/mol. The van der Waals surface area contributed by atoms with E-state index in [1.54, 1.807) is 12.1 Å². The molecule has 0 bridgehead atoms. The molecule has 0 heterocycles. The summed E-state index contributed by atoms with van der Waals surface area (Å²) in [6.45, 7) is 0. The molecule has 1 aliphatic rings. The fourth-order valence-corrected chi connectivity index (χ4v) is 3.02. The van der Waals surface area contributed by atoms with Gasteiger partial charge in [0, 0.05) is 11.1 Å². The van der Waals surface area contributed by atoms with Gasteiger partial charge in [-0.1, -0.05) is 54.6 Å².